The molecule has 9 nitrogen and oxygen atoms in total. The van der Waals surface area contributed by atoms with Crippen LogP contribution in [0.4, 0.5) is 5.82 Å². The molecule has 0 aliphatic carbocycles. The standard InChI is InChI=1S/C14H6N2O7/c17-12(22-8-2-4-11(15-6-8)16(20)21)7-1-3-9-10(5-7)14(19)23-13(9)18/h1-6H. The third kappa shape index (κ3) is 2.62. The second-order valence-corrected chi connectivity index (χ2v) is 4.44. The van der Waals surface area contributed by atoms with E-state index >= 15 is 0 Å². The number of carbonyl (C=O) groups is 3. The van der Waals surface area contributed by atoms with Crippen molar-refractivity contribution in [3.05, 3.63) is 63.3 Å². The zero-order chi connectivity index (χ0) is 16.6. The number of rotatable bonds is 3. The predicted molar refractivity (Wildman–Crippen MR) is 72.0 cm³/mol. The first-order valence-electron chi connectivity index (χ1n) is 6.19. The lowest BCUT2D eigenvalue weighted by molar-refractivity contribution is -0.389. The fourth-order valence-electron chi connectivity index (χ4n) is 1.92. The van der Waals surface area contributed by atoms with Crippen molar-refractivity contribution in [1.82, 2.24) is 4.98 Å². The Hall–Kier alpha value is -3.62. The van der Waals surface area contributed by atoms with Crippen LogP contribution >= 0.6 is 0 Å². The summed E-state index contributed by atoms with van der Waals surface area (Å²) in [5.41, 5.74) is 0.0728. The van der Waals surface area contributed by atoms with Gasteiger partial charge in [-0.1, -0.05) is 0 Å². The third-order valence-electron chi connectivity index (χ3n) is 3.00. The van der Waals surface area contributed by atoms with Gasteiger partial charge in [0.1, 0.15) is 0 Å². The van der Waals surface area contributed by atoms with Gasteiger partial charge >= 0.3 is 23.7 Å². The lowest BCUT2D eigenvalue weighted by Crippen LogP contribution is -2.10. The zero-order valence-electron chi connectivity index (χ0n) is 11.2. The highest BCUT2D eigenvalue weighted by Crippen LogP contribution is 2.22. The maximum atomic E-state index is 12.0. The van der Waals surface area contributed by atoms with Crippen molar-refractivity contribution in [3.63, 3.8) is 0 Å². The van der Waals surface area contributed by atoms with Crippen LogP contribution in [0.3, 0.4) is 0 Å². The summed E-state index contributed by atoms with van der Waals surface area (Å²) in [4.78, 5) is 48.1. The molecule has 2 aromatic rings. The van der Waals surface area contributed by atoms with Crippen molar-refractivity contribution in [3.8, 4) is 5.75 Å². The second kappa shape index (κ2) is 5.30. The number of cyclic esters (lactones) is 2. The monoisotopic (exact) mass is 314 g/mol. The Morgan fingerprint density at radius 2 is 1.87 bits per heavy atom. The van der Waals surface area contributed by atoms with E-state index in [1.807, 2.05) is 0 Å². The summed E-state index contributed by atoms with van der Waals surface area (Å²) in [5.74, 6) is -2.81. The normalized spacial score (nSPS) is 12.5. The predicted octanol–water partition coefficient (Wildman–Crippen LogP) is 1.52. The van der Waals surface area contributed by atoms with Gasteiger partial charge in [-0.05, 0) is 34.2 Å². The minimum Gasteiger partial charge on any atom is -0.419 e. The molecule has 1 aromatic carbocycles. The summed E-state index contributed by atoms with van der Waals surface area (Å²) in [5, 5.41) is 10.5. The van der Waals surface area contributed by atoms with Gasteiger partial charge in [-0.3, -0.25) is 0 Å². The number of hydrogen-bond donors (Lipinski definition) is 0. The molecule has 0 saturated heterocycles. The van der Waals surface area contributed by atoms with E-state index in [1.165, 1.54) is 24.3 Å². The summed E-state index contributed by atoms with van der Waals surface area (Å²) in [6.07, 6.45) is 1.03. The number of aromatic nitrogens is 1. The molecular formula is C14H6N2O7. The molecule has 1 aromatic heterocycles. The molecule has 0 N–H and O–H groups in total. The topological polar surface area (TPSA) is 126 Å². The molecule has 1 aliphatic heterocycles. The van der Waals surface area contributed by atoms with Gasteiger partial charge in [-0.15, -0.1) is 0 Å². The van der Waals surface area contributed by atoms with Crippen LogP contribution < -0.4 is 4.74 Å². The minimum absolute atomic E-state index is 0.000230. The van der Waals surface area contributed by atoms with Crippen molar-refractivity contribution in [2.24, 2.45) is 0 Å². The number of nitrogens with zero attached hydrogens (tertiary/aromatic N) is 2. The van der Waals surface area contributed by atoms with E-state index in [1.54, 1.807) is 0 Å². The van der Waals surface area contributed by atoms with Gasteiger partial charge in [-0.25, -0.2) is 14.4 Å². The Morgan fingerprint density at radius 3 is 2.52 bits per heavy atom. The van der Waals surface area contributed by atoms with E-state index < -0.39 is 22.8 Å². The lowest BCUT2D eigenvalue weighted by Gasteiger charge is -2.03. The molecule has 23 heavy (non-hydrogen) atoms. The van der Waals surface area contributed by atoms with Gasteiger partial charge in [0.05, 0.1) is 16.7 Å². The average molecular weight is 314 g/mol. The largest absolute Gasteiger partial charge is 0.419 e. The number of pyridine rings is 1. The molecule has 0 unspecified atom stereocenters. The summed E-state index contributed by atoms with van der Waals surface area (Å²) in [6, 6.07) is 6.08. The second-order valence-electron chi connectivity index (χ2n) is 4.44. The van der Waals surface area contributed by atoms with Crippen molar-refractivity contribution in [2.75, 3.05) is 0 Å². The lowest BCUT2D eigenvalue weighted by atomic mass is 10.1. The quantitative estimate of drug-likeness (QED) is 0.361. The number of hydrogen-bond acceptors (Lipinski definition) is 8. The Balaban J connectivity index is 1.81. The maximum absolute atomic E-state index is 12.0. The van der Waals surface area contributed by atoms with Crippen LogP contribution in [-0.2, 0) is 4.74 Å². The number of ether oxygens (including phenoxy) is 2. The van der Waals surface area contributed by atoms with E-state index in [4.69, 9.17) is 4.74 Å². The minimum atomic E-state index is -0.836. The van der Waals surface area contributed by atoms with E-state index in [9.17, 15) is 24.5 Å². The SMILES string of the molecule is O=C(Oc1ccc([N+](=O)[O-])nc1)c1ccc2c(c1)C(=O)OC2=O. The molecule has 9 heteroatoms. The van der Waals surface area contributed by atoms with E-state index in [2.05, 4.69) is 9.72 Å². The molecule has 3 rings (SSSR count). The van der Waals surface area contributed by atoms with Crippen molar-refractivity contribution in [1.29, 1.82) is 0 Å². The number of nitro groups is 1. The molecule has 0 fully saturated rings. The molecule has 0 saturated carbocycles. The Labute approximate surface area is 127 Å². The highest BCUT2D eigenvalue weighted by molar-refractivity contribution is 6.15. The zero-order valence-corrected chi connectivity index (χ0v) is 11.2. The Morgan fingerprint density at radius 1 is 1.13 bits per heavy atom. The van der Waals surface area contributed by atoms with Gasteiger partial charge in [0.2, 0.25) is 0 Å². The van der Waals surface area contributed by atoms with Crippen LogP contribution in [0.15, 0.2) is 36.5 Å². The number of esters is 3. The third-order valence-corrected chi connectivity index (χ3v) is 3.00. The summed E-state index contributed by atoms with van der Waals surface area (Å²) < 4.78 is 9.41. The molecule has 0 bridgehead atoms. The van der Waals surface area contributed by atoms with E-state index in [0.717, 1.165) is 12.3 Å². The van der Waals surface area contributed by atoms with Gasteiger partial charge in [0, 0.05) is 6.07 Å². The molecule has 114 valence electrons. The fourth-order valence-corrected chi connectivity index (χ4v) is 1.92. The fraction of sp³-hybridized carbons (Fsp3) is 0. The van der Waals surface area contributed by atoms with Crippen LogP contribution in [0, 0.1) is 10.1 Å². The van der Waals surface area contributed by atoms with Gasteiger partial charge in [0.25, 0.3) is 0 Å². The van der Waals surface area contributed by atoms with Crippen LogP contribution in [0.1, 0.15) is 31.1 Å². The Kier molecular flexibility index (Phi) is 3.30. The van der Waals surface area contributed by atoms with Crippen LogP contribution in [-0.4, -0.2) is 27.8 Å². The van der Waals surface area contributed by atoms with Crippen molar-refractivity contribution < 1.29 is 28.8 Å². The van der Waals surface area contributed by atoms with Crippen molar-refractivity contribution >= 4 is 23.7 Å². The summed E-state index contributed by atoms with van der Waals surface area (Å²) >= 11 is 0. The van der Waals surface area contributed by atoms with Gasteiger partial charge in [-0.2, -0.15) is 0 Å². The molecule has 0 spiro atoms. The smallest absolute Gasteiger partial charge is 0.363 e. The number of benzene rings is 1. The first-order valence-corrected chi connectivity index (χ1v) is 6.19. The molecule has 0 atom stereocenters. The highest BCUT2D eigenvalue weighted by atomic mass is 16.6. The maximum Gasteiger partial charge on any atom is 0.363 e. The molecule has 2 heterocycles. The summed E-state index contributed by atoms with van der Waals surface area (Å²) in [7, 11) is 0. The highest BCUT2D eigenvalue weighted by Gasteiger charge is 2.30. The molecule has 0 radical (unpaired) electrons. The van der Waals surface area contributed by atoms with Crippen LogP contribution in [0.25, 0.3) is 0 Å². The Bertz CT molecular complexity index is 858. The molecular weight excluding hydrogens is 308 g/mol. The van der Waals surface area contributed by atoms with Gasteiger partial charge < -0.3 is 19.6 Å². The number of fused-ring (bicyclic) bond motifs is 1. The molecule has 1 aliphatic rings. The first-order chi connectivity index (χ1) is 11.0. The van der Waals surface area contributed by atoms with E-state index in [0.29, 0.717) is 0 Å². The van der Waals surface area contributed by atoms with Gasteiger partial charge in [0.15, 0.2) is 11.9 Å². The average Bonchev–Trinajstić information content (AvgIpc) is 2.82. The van der Waals surface area contributed by atoms with Crippen LogP contribution in [0.5, 0.6) is 5.75 Å². The summed E-state index contributed by atoms with van der Waals surface area (Å²) in [6.45, 7) is 0. The molecule has 0 amide bonds. The van der Waals surface area contributed by atoms with Crippen molar-refractivity contribution in [2.45, 2.75) is 0 Å². The van der Waals surface area contributed by atoms with Crippen LogP contribution in [0.2, 0.25) is 0 Å². The first kappa shape index (κ1) is 14.3. The van der Waals surface area contributed by atoms with E-state index in [-0.39, 0.29) is 28.3 Å². The number of carbonyl (C=O) groups excluding carboxylic acids is 3.